The lowest BCUT2D eigenvalue weighted by Gasteiger charge is -2.24. The van der Waals surface area contributed by atoms with E-state index in [4.69, 9.17) is 40.2 Å². The Hall–Kier alpha value is -2.48. The topological polar surface area (TPSA) is 289 Å². The van der Waals surface area contributed by atoms with Crippen molar-refractivity contribution in [2.24, 2.45) is 0 Å². The molecule has 23 heteroatoms. The highest BCUT2D eigenvalue weighted by atomic mass is 35.5. The second-order valence-corrected chi connectivity index (χ2v) is 17.9. The number of phosphoric acid groups is 1. The number of ether oxygens (including phenoxy) is 2. The summed E-state index contributed by atoms with van der Waals surface area (Å²) >= 11 is 5.47. The maximum atomic E-state index is 13.7. The molecule has 3 heterocycles. The summed E-state index contributed by atoms with van der Waals surface area (Å²) in [6.07, 6.45) is 14.1. The molecule has 0 bridgehead atoms. The van der Waals surface area contributed by atoms with Gasteiger partial charge in [-0.2, -0.15) is 9.29 Å². The molecule has 0 radical (unpaired) electrons. The number of unbranched alkanes of at least 4 members (excludes halogenated alkanes) is 15. The van der Waals surface area contributed by atoms with Gasteiger partial charge in [-0.1, -0.05) is 103 Å². The molecule has 2 aromatic rings. The van der Waals surface area contributed by atoms with Crippen LogP contribution in [0.25, 0.3) is 11.2 Å². The third-order valence-corrected chi connectivity index (χ3v) is 13.1. The van der Waals surface area contributed by atoms with Crippen LogP contribution in [0.5, 0.6) is 0 Å². The van der Waals surface area contributed by atoms with Crippen LogP contribution in [0.15, 0.2) is 11.1 Å². The second kappa shape index (κ2) is 26.0. The van der Waals surface area contributed by atoms with Gasteiger partial charge in [-0.25, -0.2) is 19.2 Å². The van der Waals surface area contributed by atoms with E-state index in [1.807, 2.05) is 0 Å². The number of aliphatic hydroxyl groups is 2. The number of hydrogen-bond acceptors (Lipinski definition) is 15. The number of carbonyl (C=O) groups is 2. The molecule has 20 nitrogen and oxygen atoms in total. The van der Waals surface area contributed by atoms with Crippen LogP contribution < -0.4 is 21.7 Å². The van der Waals surface area contributed by atoms with E-state index in [2.05, 4.69) is 32.3 Å². The number of hydrogen-bond donors (Lipinski definition) is 7. The molecule has 0 saturated carbocycles. The van der Waals surface area contributed by atoms with Crippen molar-refractivity contribution in [1.29, 1.82) is 0 Å². The fraction of sp³-hybridized carbons (Fsp3) is 0.800. The number of carbonyl (C=O) groups excluding carboxylic acids is 2. The highest BCUT2D eigenvalue weighted by Crippen LogP contribution is 2.61. The lowest BCUT2D eigenvalue weighted by molar-refractivity contribution is -0.145. The first-order valence-electron chi connectivity index (χ1n) is 20.1. The van der Waals surface area contributed by atoms with Gasteiger partial charge in [0.2, 0.25) is 11.9 Å². The van der Waals surface area contributed by atoms with Crippen molar-refractivity contribution >= 4 is 56.2 Å². The minimum Gasteiger partial charge on any atom is -0.465 e. The van der Waals surface area contributed by atoms with Gasteiger partial charge < -0.3 is 35.6 Å². The molecule has 1 aliphatic rings. The molecule has 332 valence electrons. The Bertz CT molecular complexity index is 1700. The summed E-state index contributed by atoms with van der Waals surface area (Å²) in [7, 11) is -10.2. The number of nitrogens with zero attached hydrogens (tertiary/aromatic N) is 3. The molecule has 0 aromatic carbocycles. The van der Waals surface area contributed by atoms with Crippen molar-refractivity contribution in [2.75, 3.05) is 38.0 Å². The minimum atomic E-state index is -5.34. The number of esters is 1. The number of nitrogens with one attached hydrogen (secondary N) is 3. The number of halogens is 1. The van der Waals surface area contributed by atoms with Crippen LogP contribution in [0.3, 0.4) is 0 Å². The summed E-state index contributed by atoms with van der Waals surface area (Å²) in [5, 5.41) is 26.0. The molecule has 1 amide bonds. The van der Waals surface area contributed by atoms with Gasteiger partial charge in [0.25, 0.3) is 5.56 Å². The first-order valence-corrected chi connectivity index (χ1v) is 23.7. The third-order valence-electron chi connectivity index (χ3n) is 9.43. The molecule has 2 aromatic heterocycles. The van der Waals surface area contributed by atoms with Crippen molar-refractivity contribution in [1.82, 2.24) is 29.9 Å². The Morgan fingerprint density at radius 3 is 2.14 bits per heavy atom. The van der Waals surface area contributed by atoms with Gasteiger partial charge in [0, 0.05) is 6.54 Å². The van der Waals surface area contributed by atoms with Crippen LogP contribution in [0.4, 0.5) is 5.95 Å². The molecule has 0 aliphatic carbocycles. The van der Waals surface area contributed by atoms with Gasteiger partial charge in [0.15, 0.2) is 17.4 Å². The monoisotopic (exact) mass is 885 g/mol. The van der Waals surface area contributed by atoms with Crippen molar-refractivity contribution in [3.05, 3.63) is 16.7 Å². The van der Waals surface area contributed by atoms with Gasteiger partial charge in [-0.15, -0.1) is 11.6 Å². The maximum absolute atomic E-state index is 13.7. The van der Waals surface area contributed by atoms with E-state index >= 15 is 0 Å². The number of anilines is 1. The number of aliphatic hydroxyl groups excluding tert-OH is 2. The van der Waals surface area contributed by atoms with Gasteiger partial charge >= 0.3 is 21.5 Å². The molecule has 1 fully saturated rings. The number of aromatic nitrogens is 4. The Kier molecular flexibility index (Phi) is 22.3. The first kappa shape index (κ1) is 49.9. The predicted molar refractivity (Wildman–Crippen MR) is 216 cm³/mol. The van der Waals surface area contributed by atoms with Gasteiger partial charge in [0.05, 0.1) is 26.1 Å². The van der Waals surface area contributed by atoms with E-state index in [0.29, 0.717) is 6.42 Å². The van der Waals surface area contributed by atoms with Crippen molar-refractivity contribution in [2.45, 2.75) is 147 Å². The van der Waals surface area contributed by atoms with Gasteiger partial charge in [0.1, 0.15) is 30.2 Å². The van der Waals surface area contributed by atoms with Crippen molar-refractivity contribution in [3.8, 4) is 0 Å². The zero-order valence-electron chi connectivity index (χ0n) is 33.4. The van der Waals surface area contributed by atoms with Crippen LogP contribution in [0, 0.1) is 0 Å². The molecule has 1 saturated heterocycles. The van der Waals surface area contributed by atoms with Gasteiger partial charge in [-0.05, 0) is 13.3 Å². The summed E-state index contributed by atoms with van der Waals surface area (Å²) in [6, 6.07) is -1.35. The molecule has 58 heavy (non-hydrogen) atoms. The maximum Gasteiger partial charge on any atom is 0.480 e. The molecule has 3 rings (SSSR count). The van der Waals surface area contributed by atoms with Gasteiger partial charge in [-0.3, -0.25) is 33.0 Å². The minimum absolute atomic E-state index is 0.0701. The van der Waals surface area contributed by atoms with E-state index in [1.54, 1.807) is 0 Å². The van der Waals surface area contributed by atoms with Crippen LogP contribution in [-0.4, -0.2) is 103 Å². The number of nitrogens with two attached hydrogens (primary N) is 1. The quantitative estimate of drug-likeness (QED) is 0.0233. The molecule has 2 unspecified atom stereocenters. The number of rotatable bonds is 31. The van der Waals surface area contributed by atoms with E-state index in [1.165, 1.54) is 77.6 Å². The zero-order chi connectivity index (χ0) is 42.6. The zero-order valence-corrected chi connectivity index (χ0v) is 36.0. The molecule has 7 atom stereocenters. The molecule has 0 spiro atoms. The molecule has 1 aliphatic heterocycles. The Morgan fingerprint density at radius 1 is 0.966 bits per heavy atom. The van der Waals surface area contributed by atoms with Crippen LogP contribution in [0.2, 0.25) is 0 Å². The first-order chi connectivity index (χ1) is 27.7. The van der Waals surface area contributed by atoms with Crippen LogP contribution in [-0.2, 0) is 41.6 Å². The summed E-state index contributed by atoms with van der Waals surface area (Å²) in [5.74, 6) is -2.00. The summed E-state index contributed by atoms with van der Waals surface area (Å²) < 4.78 is 54.0. The largest absolute Gasteiger partial charge is 0.480 e. The normalized spacial score (nSPS) is 20.8. The average Bonchev–Trinajstić information content (AvgIpc) is 3.72. The fourth-order valence-electron chi connectivity index (χ4n) is 6.28. The number of fused-ring (bicyclic) bond motifs is 1. The van der Waals surface area contributed by atoms with Crippen LogP contribution >= 0.6 is 27.2 Å². The Morgan fingerprint density at radius 2 is 1.55 bits per heavy atom. The number of alkyl halides is 1. The number of imidazole rings is 1. The highest BCUT2D eigenvalue weighted by Gasteiger charge is 2.47. The number of nitrogen functional groups attached to an aromatic ring is 1. The number of aromatic amines is 1. The fourth-order valence-corrected chi connectivity index (χ4v) is 9.35. The van der Waals surface area contributed by atoms with E-state index in [-0.39, 0.29) is 36.1 Å². The second-order valence-electron chi connectivity index (χ2n) is 14.3. The number of amides is 1. The summed E-state index contributed by atoms with van der Waals surface area (Å²) in [4.78, 5) is 57.2. The van der Waals surface area contributed by atoms with Crippen molar-refractivity contribution in [3.63, 3.8) is 0 Å². The van der Waals surface area contributed by atoms with Crippen LogP contribution in [0.1, 0.15) is 123 Å². The molecular formula is C35H62ClN7O13P2. The molecule has 8 N–H and O–H groups in total. The SMILES string of the molecule is CCCCCCCCCCCCCCCCCCOC(=O)[C@H](C)NP(=O)(OCCNC(=O)CCl)OP(=O)(O)OC[C@H]1O[C@@H](n2cnc3c(=O)[nH]c(N)nc32)[C@H](O)[C@@H]1O. The lowest BCUT2D eigenvalue weighted by Crippen LogP contribution is -2.35. The lowest BCUT2D eigenvalue weighted by atomic mass is 10.0. The predicted octanol–water partition coefficient (Wildman–Crippen LogP) is 4.72. The number of H-pyrrole nitrogens is 1. The average molecular weight is 886 g/mol. The van der Waals surface area contributed by atoms with E-state index in [9.17, 15) is 38.6 Å². The van der Waals surface area contributed by atoms with E-state index in [0.717, 1.165) is 36.6 Å². The summed E-state index contributed by atoms with van der Waals surface area (Å²) in [6.45, 7) is 2.01. The smallest absolute Gasteiger partial charge is 0.465 e. The number of phosphoric ester groups is 1. The van der Waals surface area contributed by atoms with Crippen molar-refractivity contribution < 1.29 is 56.7 Å². The highest BCUT2D eigenvalue weighted by molar-refractivity contribution is 7.63. The standard InChI is InChI=1S/C35H62ClN7O13P2/c1-3-4-5-6-7-8-9-10-11-12-13-14-15-16-17-18-20-52-34(48)25(2)42-57(49,53-21-19-38-27(44)22-36)56-58(50,51)54-23-26-29(45)30(46)33(55-26)43-24-39-28-31(43)40-35(37)41-32(28)47/h24-26,29-30,33,45-46H,3-23H2,1-2H3,(H,38,44)(H,42,49)(H,50,51)(H3,37,40,41,47)/t25-,26+,29+,30+,33+,57?/m0/s1. The molecular weight excluding hydrogens is 824 g/mol. The summed E-state index contributed by atoms with van der Waals surface area (Å²) in [5.41, 5.74) is 4.77. The van der Waals surface area contributed by atoms with E-state index < -0.39 is 76.8 Å². The third kappa shape index (κ3) is 17.2. The Labute approximate surface area is 343 Å². The Balaban J connectivity index is 1.43.